The number of carbonyl (C=O) groups is 2. The number of morpholine rings is 1. The molecule has 0 spiro atoms. The molecule has 2 amide bonds. The summed E-state index contributed by atoms with van der Waals surface area (Å²) in [5, 5.41) is 6.68. The highest BCUT2D eigenvalue weighted by Crippen LogP contribution is 2.26. The number of carbonyl (C=O) groups excluding carboxylic acids is 2. The van der Waals surface area contributed by atoms with Crippen LogP contribution < -0.4 is 10.6 Å². The van der Waals surface area contributed by atoms with E-state index in [0.717, 1.165) is 18.7 Å². The summed E-state index contributed by atoms with van der Waals surface area (Å²) < 4.78 is 11.9. The molecule has 186 valence electrons. The van der Waals surface area contributed by atoms with Crippen molar-refractivity contribution in [2.24, 2.45) is 0 Å². The maximum atomic E-state index is 13.1. The molecule has 0 unspecified atom stereocenters. The Bertz CT molecular complexity index is 1260. The summed E-state index contributed by atoms with van der Waals surface area (Å²) >= 11 is 12.9. The smallest absolute Gasteiger partial charge is 0.268 e. The predicted molar refractivity (Wildman–Crippen MR) is 145 cm³/mol. The number of furan rings is 1. The largest absolute Gasteiger partial charge is 0.450 e. The minimum absolute atomic E-state index is 0.0486. The second kappa shape index (κ2) is 12.7. The number of hydrogen-bond donors (Lipinski definition) is 2. The summed E-state index contributed by atoms with van der Waals surface area (Å²) in [5.41, 5.74) is 1.31. The number of halogens is 1. The molecule has 4 rings (SSSR count). The number of nitrogens with one attached hydrogen (secondary N) is 2. The standard InChI is InChI=1S/C26H24ClN3O4S2/c27-20-8-4-5-18(15-20)17-28-25(32)22(29-24(31)19-6-2-1-3-7-19)16-21-9-10-23(34-21)36-26(35)30-11-13-33-14-12-30/h1-10,15-16H,11-14,17H2,(H,28,32)(H,29,31). The first-order valence-corrected chi connectivity index (χ1v) is 12.8. The Morgan fingerprint density at radius 2 is 1.83 bits per heavy atom. The molecule has 3 aromatic rings. The van der Waals surface area contributed by atoms with Crippen molar-refractivity contribution in [3.05, 3.63) is 94.3 Å². The van der Waals surface area contributed by atoms with Crippen LogP contribution in [0.3, 0.4) is 0 Å². The lowest BCUT2D eigenvalue weighted by molar-refractivity contribution is -0.117. The minimum Gasteiger partial charge on any atom is -0.450 e. The molecule has 2 N–H and O–H groups in total. The molecule has 0 saturated carbocycles. The van der Waals surface area contributed by atoms with Crippen LogP contribution in [-0.4, -0.2) is 47.3 Å². The van der Waals surface area contributed by atoms with Crippen molar-refractivity contribution in [1.29, 1.82) is 0 Å². The second-order valence-corrected chi connectivity index (χ2v) is 9.89. The lowest BCUT2D eigenvalue weighted by Crippen LogP contribution is -2.38. The van der Waals surface area contributed by atoms with Crippen molar-refractivity contribution < 1.29 is 18.7 Å². The summed E-state index contributed by atoms with van der Waals surface area (Å²) in [4.78, 5) is 27.9. The Morgan fingerprint density at radius 1 is 1.06 bits per heavy atom. The lowest BCUT2D eigenvalue weighted by Gasteiger charge is -2.28. The van der Waals surface area contributed by atoms with E-state index in [1.807, 2.05) is 12.1 Å². The fraction of sp³-hybridized carbons (Fsp3) is 0.192. The van der Waals surface area contributed by atoms with Gasteiger partial charge >= 0.3 is 0 Å². The number of benzene rings is 2. The van der Waals surface area contributed by atoms with Crippen LogP contribution in [0.1, 0.15) is 21.7 Å². The van der Waals surface area contributed by atoms with Gasteiger partial charge in [-0.25, -0.2) is 0 Å². The van der Waals surface area contributed by atoms with Crippen LogP contribution in [0.4, 0.5) is 0 Å². The third kappa shape index (κ3) is 7.44. The van der Waals surface area contributed by atoms with Crippen LogP contribution in [0, 0.1) is 0 Å². The van der Waals surface area contributed by atoms with Gasteiger partial charge in [-0.2, -0.15) is 0 Å². The SMILES string of the molecule is O=C(NCc1cccc(Cl)c1)C(=Cc1ccc(SC(=S)N2CCOCC2)o1)NC(=O)c1ccccc1. The van der Waals surface area contributed by atoms with Crippen LogP contribution >= 0.6 is 35.6 Å². The molecule has 1 aliphatic rings. The van der Waals surface area contributed by atoms with Gasteiger partial charge in [0.15, 0.2) is 5.09 Å². The van der Waals surface area contributed by atoms with E-state index < -0.39 is 11.8 Å². The average Bonchev–Trinajstić information content (AvgIpc) is 3.34. The third-order valence-corrected chi connectivity index (χ3v) is 6.81. The number of ether oxygens (including phenoxy) is 1. The van der Waals surface area contributed by atoms with Crippen molar-refractivity contribution in [3.63, 3.8) is 0 Å². The molecule has 1 saturated heterocycles. The van der Waals surface area contributed by atoms with Crippen LogP contribution in [0.25, 0.3) is 6.08 Å². The molecular weight excluding hydrogens is 518 g/mol. The predicted octanol–water partition coefficient (Wildman–Crippen LogP) is 4.73. The van der Waals surface area contributed by atoms with E-state index in [4.69, 9.17) is 33.0 Å². The highest BCUT2D eigenvalue weighted by Gasteiger charge is 2.18. The Morgan fingerprint density at radius 3 is 2.58 bits per heavy atom. The first kappa shape index (κ1) is 26.0. The van der Waals surface area contributed by atoms with E-state index in [1.54, 1.807) is 54.6 Å². The topological polar surface area (TPSA) is 83.8 Å². The maximum absolute atomic E-state index is 13.1. The number of thiocarbonyl (C=S) groups is 1. The Labute approximate surface area is 223 Å². The summed E-state index contributed by atoms with van der Waals surface area (Å²) in [6.45, 7) is 3.00. The van der Waals surface area contributed by atoms with E-state index in [2.05, 4.69) is 15.5 Å². The van der Waals surface area contributed by atoms with Gasteiger partial charge in [0.2, 0.25) is 0 Å². The maximum Gasteiger partial charge on any atom is 0.268 e. The van der Waals surface area contributed by atoms with E-state index >= 15 is 0 Å². The van der Waals surface area contributed by atoms with Gasteiger partial charge in [0.25, 0.3) is 11.8 Å². The minimum atomic E-state index is -0.464. The summed E-state index contributed by atoms with van der Waals surface area (Å²) in [6.07, 6.45) is 1.50. The van der Waals surface area contributed by atoms with Crippen LogP contribution in [0.5, 0.6) is 0 Å². The summed E-state index contributed by atoms with van der Waals surface area (Å²) in [5.74, 6) is -0.466. The van der Waals surface area contributed by atoms with E-state index in [1.165, 1.54) is 17.8 Å². The van der Waals surface area contributed by atoms with Crippen LogP contribution in [-0.2, 0) is 16.1 Å². The van der Waals surface area contributed by atoms with Gasteiger partial charge in [-0.05, 0) is 53.7 Å². The van der Waals surface area contributed by atoms with Crippen molar-refractivity contribution in [2.45, 2.75) is 11.6 Å². The molecule has 2 heterocycles. The molecule has 10 heteroatoms. The van der Waals surface area contributed by atoms with Crippen molar-refractivity contribution in [2.75, 3.05) is 26.3 Å². The quantitative estimate of drug-likeness (QED) is 0.254. The lowest BCUT2D eigenvalue weighted by atomic mass is 10.2. The van der Waals surface area contributed by atoms with Gasteiger partial charge in [-0.3, -0.25) is 9.59 Å². The molecule has 1 fully saturated rings. The summed E-state index contributed by atoms with van der Waals surface area (Å²) in [6, 6.07) is 19.4. The van der Waals surface area contributed by atoms with Gasteiger partial charge < -0.3 is 24.7 Å². The molecular formula is C26H24ClN3O4S2. The number of rotatable bonds is 7. The molecule has 36 heavy (non-hydrogen) atoms. The molecule has 1 aromatic heterocycles. The van der Waals surface area contributed by atoms with Crippen LogP contribution in [0.15, 0.2) is 81.9 Å². The highest BCUT2D eigenvalue weighted by molar-refractivity contribution is 8.22. The first-order valence-electron chi connectivity index (χ1n) is 11.2. The fourth-order valence-corrected chi connectivity index (χ4v) is 4.77. The van der Waals surface area contributed by atoms with E-state index in [0.29, 0.717) is 39.0 Å². The van der Waals surface area contributed by atoms with Gasteiger partial charge in [0.1, 0.15) is 15.8 Å². The monoisotopic (exact) mass is 541 g/mol. The number of nitrogens with zero attached hydrogens (tertiary/aromatic N) is 1. The molecule has 0 bridgehead atoms. The third-order valence-electron chi connectivity index (χ3n) is 5.22. The van der Waals surface area contributed by atoms with Crippen molar-refractivity contribution >= 4 is 57.8 Å². The molecule has 0 radical (unpaired) electrons. The molecule has 2 aromatic carbocycles. The number of thioether (sulfide) groups is 1. The van der Waals surface area contributed by atoms with Gasteiger partial charge in [-0.15, -0.1) is 0 Å². The second-order valence-electron chi connectivity index (χ2n) is 7.81. The Hall–Kier alpha value is -3.11. The first-order chi connectivity index (χ1) is 17.5. The summed E-state index contributed by atoms with van der Waals surface area (Å²) in [7, 11) is 0. The van der Waals surface area contributed by atoms with Crippen LogP contribution in [0.2, 0.25) is 5.02 Å². The highest BCUT2D eigenvalue weighted by atomic mass is 35.5. The average molecular weight is 542 g/mol. The zero-order valence-electron chi connectivity index (χ0n) is 19.2. The Kier molecular flexibility index (Phi) is 9.18. The van der Waals surface area contributed by atoms with Gasteiger partial charge in [0, 0.05) is 36.3 Å². The van der Waals surface area contributed by atoms with E-state index in [-0.39, 0.29) is 12.2 Å². The van der Waals surface area contributed by atoms with Gasteiger partial charge in [-0.1, -0.05) is 54.2 Å². The molecule has 7 nitrogen and oxygen atoms in total. The molecule has 0 atom stereocenters. The Balaban J connectivity index is 1.49. The number of amides is 2. The fourth-order valence-electron chi connectivity index (χ4n) is 3.37. The van der Waals surface area contributed by atoms with Crippen molar-refractivity contribution in [3.8, 4) is 0 Å². The zero-order chi connectivity index (χ0) is 25.3. The van der Waals surface area contributed by atoms with Crippen molar-refractivity contribution in [1.82, 2.24) is 15.5 Å². The normalized spacial score (nSPS) is 13.8. The molecule has 1 aliphatic heterocycles. The van der Waals surface area contributed by atoms with E-state index in [9.17, 15) is 9.59 Å². The van der Waals surface area contributed by atoms with Gasteiger partial charge in [0.05, 0.1) is 13.2 Å². The zero-order valence-corrected chi connectivity index (χ0v) is 21.6. The number of hydrogen-bond acceptors (Lipinski definition) is 6. The molecule has 0 aliphatic carbocycles.